The smallest absolute Gasteiger partial charge is 0.184 e. The number of pyridine rings is 1. The van der Waals surface area contributed by atoms with Crippen LogP contribution in [0.15, 0.2) is 72.9 Å². The van der Waals surface area contributed by atoms with Crippen molar-refractivity contribution in [3.63, 3.8) is 0 Å². The number of nitrogens with zero attached hydrogens (tertiary/aromatic N) is 3. The molecule has 4 rings (SSSR count). The van der Waals surface area contributed by atoms with Crippen molar-refractivity contribution in [2.45, 2.75) is 0 Å². The molecule has 0 aliphatic heterocycles. The van der Waals surface area contributed by atoms with E-state index in [0.29, 0.717) is 0 Å². The van der Waals surface area contributed by atoms with Crippen molar-refractivity contribution < 1.29 is 0 Å². The third kappa shape index (κ3) is 2.84. The van der Waals surface area contributed by atoms with Gasteiger partial charge in [-0.2, -0.15) is 0 Å². The molecule has 0 bridgehead atoms. The van der Waals surface area contributed by atoms with Gasteiger partial charge < -0.3 is 5.32 Å². The Balaban J connectivity index is 0.00000169. The van der Waals surface area contributed by atoms with Crippen LogP contribution in [0, 0.1) is 0 Å². The molecule has 0 aliphatic rings. The van der Waals surface area contributed by atoms with Gasteiger partial charge in [0.05, 0.1) is 16.8 Å². The van der Waals surface area contributed by atoms with Crippen molar-refractivity contribution in [1.82, 2.24) is 14.8 Å². The molecule has 0 unspecified atom stereocenters. The van der Waals surface area contributed by atoms with Crippen LogP contribution >= 0.6 is 12.4 Å². The Bertz CT molecular complexity index is 949. The maximum atomic E-state index is 4.73. The number of hydrogen-bond donors (Lipinski definition) is 1. The van der Waals surface area contributed by atoms with Crippen LogP contribution in [0.25, 0.3) is 28.0 Å². The zero-order valence-corrected chi connectivity index (χ0v) is 14.0. The highest BCUT2D eigenvalue weighted by molar-refractivity contribution is 5.91. The molecule has 2 aromatic carbocycles. The lowest BCUT2D eigenvalue weighted by molar-refractivity contribution is 0.890. The molecule has 1 N–H and O–H groups in total. The van der Waals surface area contributed by atoms with Crippen LogP contribution in [0.3, 0.4) is 0 Å². The molecule has 0 radical (unpaired) electrons. The highest BCUT2D eigenvalue weighted by Gasteiger charge is 2.11. The van der Waals surface area contributed by atoms with Gasteiger partial charge in [-0.15, -0.1) is 17.5 Å². The van der Waals surface area contributed by atoms with Crippen LogP contribution in [0.4, 0.5) is 5.69 Å². The minimum Gasteiger partial charge on any atom is -0.387 e. The van der Waals surface area contributed by atoms with Crippen LogP contribution in [-0.2, 0) is 0 Å². The van der Waals surface area contributed by atoms with Crippen molar-refractivity contribution in [3.05, 3.63) is 72.9 Å². The molecule has 5 heteroatoms. The number of nitrogens with one attached hydrogen (secondary N) is 1. The van der Waals surface area contributed by atoms with Gasteiger partial charge in [0.15, 0.2) is 5.65 Å². The second kappa shape index (κ2) is 6.72. The summed E-state index contributed by atoms with van der Waals surface area (Å²) >= 11 is 0. The zero-order valence-electron chi connectivity index (χ0n) is 13.2. The van der Waals surface area contributed by atoms with E-state index >= 15 is 0 Å². The first-order chi connectivity index (χ1) is 11.3. The Morgan fingerprint density at radius 1 is 0.917 bits per heavy atom. The van der Waals surface area contributed by atoms with Gasteiger partial charge in [0.2, 0.25) is 0 Å². The fourth-order valence-electron chi connectivity index (χ4n) is 2.67. The SMILES string of the molecule is CNc1cc(-c2ccccc2)nc2nn(-c3ccccc3)cc12.Cl. The van der Waals surface area contributed by atoms with Crippen LogP contribution in [0.1, 0.15) is 0 Å². The van der Waals surface area contributed by atoms with E-state index in [1.54, 1.807) is 0 Å². The summed E-state index contributed by atoms with van der Waals surface area (Å²) in [6.07, 6.45) is 2.01. The molecular formula is C19H17ClN4. The number of anilines is 1. The van der Waals surface area contributed by atoms with E-state index in [1.165, 1.54) is 0 Å². The summed E-state index contributed by atoms with van der Waals surface area (Å²) in [4.78, 5) is 4.73. The fraction of sp³-hybridized carbons (Fsp3) is 0.0526. The van der Waals surface area contributed by atoms with Crippen LogP contribution in [0.2, 0.25) is 0 Å². The normalized spacial score (nSPS) is 10.4. The van der Waals surface area contributed by atoms with Gasteiger partial charge in [-0.25, -0.2) is 9.67 Å². The van der Waals surface area contributed by atoms with Gasteiger partial charge in [0.25, 0.3) is 0 Å². The Hall–Kier alpha value is -2.85. The third-order valence-corrected chi connectivity index (χ3v) is 3.85. The summed E-state index contributed by atoms with van der Waals surface area (Å²) in [6.45, 7) is 0. The quantitative estimate of drug-likeness (QED) is 0.596. The average molecular weight is 337 g/mol. The predicted octanol–water partition coefficient (Wildman–Crippen LogP) is 4.55. The van der Waals surface area contributed by atoms with E-state index in [2.05, 4.69) is 28.6 Å². The summed E-state index contributed by atoms with van der Waals surface area (Å²) in [5, 5.41) is 8.91. The van der Waals surface area contributed by atoms with Gasteiger partial charge >= 0.3 is 0 Å². The number of rotatable bonds is 3. The van der Waals surface area contributed by atoms with Gasteiger partial charge in [-0.3, -0.25) is 0 Å². The minimum absolute atomic E-state index is 0. The van der Waals surface area contributed by atoms with E-state index < -0.39 is 0 Å². The van der Waals surface area contributed by atoms with Crippen molar-refractivity contribution >= 4 is 29.1 Å². The topological polar surface area (TPSA) is 42.7 Å². The molecule has 0 saturated carbocycles. The Morgan fingerprint density at radius 3 is 2.25 bits per heavy atom. The first kappa shape index (κ1) is 16.0. The first-order valence-corrected chi connectivity index (χ1v) is 7.54. The Kier molecular flexibility index (Phi) is 4.49. The molecular weight excluding hydrogens is 320 g/mol. The molecule has 0 aliphatic carbocycles. The number of aromatic nitrogens is 3. The second-order valence-electron chi connectivity index (χ2n) is 5.32. The molecule has 2 heterocycles. The van der Waals surface area contributed by atoms with Gasteiger partial charge in [-0.05, 0) is 18.2 Å². The minimum atomic E-state index is 0. The van der Waals surface area contributed by atoms with Crippen LogP contribution in [0.5, 0.6) is 0 Å². The lowest BCUT2D eigenvalue weighted by atomic mass is 10.1. The Morgan fingerprint density at radius 2 is 1.58 bits per heavy atom. The van der Waals surface area contributed by atoms with Gasteiger partial charge in [-0.1, -0.05) is 48.5 Å². The summed E-state index contributed by atoms with van der Waals surface area (Å²) in [7, 11) is 1.92. The lowest BCUT2D eigenvalue weighted by Gasteiger charge is -2.05. The summed E-state index contributed by atoms with van der Waals surface area (Å²) in [6, 6.07) is 22.3. The van der Waals surface area contributed by atoms with Crippen LogP contribution < -0.4 is 5.32 Å². The molecule has 120 valence electrons. The molecule has 0 atom stereocenters. The summed E-state index contributed by atoms with van der Waals surface area (Å²) in [5.74, 6) is 0. The molecule has 24 heavy (non-hydrogen) atoms. The lowest BCUT2D eigenvalue weighted by Crippen LogP contribution is -1.94. The summed E-state index contributed by atoms with van der Waals surface area (Å²) in [5.41, 5.74) is 4.78. The fourth-order valence-corrected chi connectivity index (χ4v) is 2.67. The second-order valence-corrected chi connectivity index (χ2v) is 5.32. The van der Waals surface area contributed by atoms with E-state index in [9.17, 15) is 0 Å². The van der Waals surface area contributed by atoms with Crippen molar-refractivity contribution in [3.8, 4) is 16.9 Å². The zero-order chi connectivity index (χ0) is 15.6. The third-order valence-electron chi connectivity index (χ3n) is 3.85. The molecule has 4 aromatic rings. The van der Waals surface area contributed by atoms with Crippen molar-refractivity contribution in [2.24, 2.45) is 0 Å². The van der Waals surface area contributed by atoms with E-state index in [-0.39, 0.29) is 12.4 Å². The summed E-state index contributed by atoms with van der Waals surface area (Å²) < 4.78 is 1.87. The number of fused-ring (bicyclic) bond motifs is 1. The maximum Gasteiger partial charge on any atom is 0.184 e. The van der Waals surface area contributed by atoms with E-state index in [0.717, 1.165) is 33.7 Å². The highest BCUT2D eigenvalue weighted by atomic mass is 35.5. The number of para-hydroxylation sites is 1. The highest BCUT2D eigenvalue weighted by Crippen LogP contribution is 2.28. The number of halogens is 1. The maximum absolute atomic E-state index is 4.73. The molecule has 0 spiro atoms. The number of benzene rings is 2. The number of hydrogen-bond acceptors (Lipinski definition) is 3. The van der Waals surface area contributed by atoms with Gasteiger partial charge in [0.1, 0.15) is 0 Å². The molecule has 4 nitrogen and oxygen atoms in total. The predicted molar refractivity (Wildman–Crippen MR) is 101 cm³/mol. The van der Waals surface area contributed by atoms with Crippen LogP contribution in [-0.4, -0.2) is 21.8 Å². The largest absolute Gasteiger partial charge is 0.387 e. The van der Waals surface area contributed by atoms with Crippen molar-refractivity contribution in [1.29, 1.82) is 0 Å². The van der Waals surface area contributed by atoms with E-state index in [4.69, 9.17) is 4.98 Å². The van der Waals surface area contributed by atoms with E-state index in [1.807, 2.05) is 66.5 Å². The monoisotopic (exact) mass is 336 g/mol. The standard InChI is InChI=1S/C19H16N4.ClH/c1-20-18-12-17(14-8-4-2-5-9-14)21-19-16(18)13-23(22-19)15-10-6-3-7-11-15;/h2-13,20H,1H3;1H. The molecule has 0 amide bonds. The molecule has 0 saturated heterocycles. The first-order valence-electron chi connectivity index (χ1n) is 7.54. The van der Waals surface area contributed by atoms with Crippen molar-refractivity contribution in [2.75, 3.05) is 12.4 Å². The molecule has 2 aromatic heterocycles. The molecule has 0 fully saturated rings. The average Bonchev–Trinajstić information content (AvgIpc) is 3.06. The Labute approximate surface area is 146 Å². The van der Waals surface area contributed by atoms with Gasteiger partial charge in [0, 0.05) is 24.5 Å².